The molecule has 4 aromatic rings. The molecule has 0 fully saturated rings. The monoisotopic (exact) mass is 369 g/mol. The molecule has 0 spiro atoms. The average molecular weight is 369 g/mol. The van der Waals surface area contributed by atoms with Crippen molar-refractivity contribution in [2.24, 2.45) is 0 Å². The van der Waals surface area contributed by atoms with Crippen LogP contribution in [0.25, 0.3) is 10.8 Å². The predicted octanol–water partition coefficient (Wildman–Crippen LogP) is 4.28. The van der Waals surface area contributed by atoms with Gasteiger partial charge in [0.1, 0.15) is 11.4 Å². The lowest BCUT2D eigenvalue weighted by Gasteiger charge is -2.25. The van der Waals surface area contributed by atoms with Crippen molar-refractivity contribution in [3.8, 4) is 6.07 Å². The average Bonchev–Trinajstić information content (AvgIpc) is 3.31. The van der Waals surface area contributed by atoms with Crippen LogP contribution in [0.15, 0.2) is 73.2 Å². The maximum atomic E-state index is 14.7. The van der Waals surface area contributed by atoms with Crippen molar-refractivity contribution in [2.75, 3.05) is 0 Å². The summed E-state index contributed by atoms with van der Waals surface area (Å²) >= 11 is 0. The van der Waals surface area contributed by atoms with E-state index >= 15 is 0 Å². The smallest absolute Gasteiger partial charge is 0.134 e. The van der Waals surface area contributed by atoms with Gasteiger partial charge in [-0.1, -0.05) is 48.5 Å². The molecule has 3 aromatic carbocycles. The molecule has 1 unspecified atom stereocenters. The first-order valence-corrected chi connectivity index (χ1v) is 9.04. The molecule has 0 amide bonds. The van der Waals surface area contributed by atoms with Crippen LogP contribution in [0.3, 0.4) is 0 Å². The van der Waals surface area contributed by atoms with Crippen LogP contribution in [0.4, 0.5) is 4.39 Å². The van der Waals surface area contributed by atoms with Gasteiger partial charge in [0, 0.05) is 12.0 Å². The standard InChI is InChI=1S/C23H16FN3O/c24-20-10-15(12-25)8-9-18(20)21-11-23(28,22-13-26-14-27(21)22)19-7-3-5-16-4-1-2-6-17(16)19/h1-10,13-14,21,28H,11H2/t21-,23?/m1/s1. The SMILES string of the molecule is N#Cc1ccc([C@H]2CC(O)(c3cccc4ccccc34)c3cncn32)c(F)c1. The van der Waals surface area contributed by atoms with Gasteiger partial charge in [0.2, 0.25) is 0 Å². The quantitative estimate of drug-likeness (QED) is 0.574. The number of hydrogen-bond donors (Lipinski definition) is 1. The number of halogens is 1. The zero-order valence-electron chi connectivity index (χ0n) is 14.9. The van der Waals surface area contributed by atoms with Crippen molar-refractivity contribution in [2.45, 2.75) is 18.1 Å². The highest BCUT2D eigenvalue weighted by Gasteiger charge is 2.46. The van der Waals surface area contributed by atoms with Crippen LogP contribution in [-0.4, -0.2) is 14.7 Å². The van der Waals surface area contributed by atoms with Crippen LogP contribution in [0.2, 0.25) is 0 Å². The fourth-order valence-electron chi connectivity index (χ4n) is 4.32. The van der Waals surface area contributed by atoms with E-state index in [9.17, 15) is 9.50 Å². The summed E-state index contributed by atoms with van der Waals surface area (Å²) in [5.41, 5.74) is 0.841. The molecule has 1 aliphatic rings. The number of nitrogens with zero attached hydrogens (tertiary/aromatic N) is 3. The molecule has 1 N–H and O–H groups in total. The summed E-state index contributed by atoms with van der Waals surface area (Å²) in [7, 11) is 0. The Labute approximate surface area is 161 Å². The molecule has 5 rings (SSSR count). The zero-order chi connectivity index (χ0) is 19.3. The maximum Gasteiger partial charge on any atom is 0.134 e. The minimum atomic E-state index is -1.29. The minimum absolute atomic E-state index is 0.273. The van der Waals surface area contributed by atoms with Crippen LogP contribution in [-0.2, 0) is 5.60 Å². The number of fused-ring (bicyclic) bond motifs is 2. The third-order valence-corrected chi connectivity index (χ3v) is 5.64. The molecule has 0 saturated carbocycles. The van der Waals surface area contributed by atoms with E-state index in [1.165, 1.54) is 6.07 Å². The van der Waals surface area contributed by atoms with Gasteiger partial charge in [0.05, 0.1) is 35.9 Å². The minimum Gasteiger partial charge on any atom is -0.379 e. The summed E-state index contributed by atoms with van der Waals surface area (Å²) in [6, 6.07) is 19.7. The molecule has 2 atom stereocenters. The van der Waals surface area contributed by atoms with Gasteiger partial charge in [0.25, 0.3) is 0 Å². The van der Waals surface area contributed by atoms with E-state index in [1.807, 2.05) is 53.1 Å². The zero-order valence-corrected chi connectivity index (χ0v) is 14.9. The second-order valence-electron chi connectivity index (χ2n) is 7.14. The predicted molar refractivity (Wildman–Crippen MR) is 103 cm³/mol. The molecule has 5 heteroatoms. The summed E-state index contributed by atoms with van der Waals surface area (Å²) in [5.74, 6) is -0.453. The van der Waals surface area contributed by atoms with Crippen molar-refractivity contribution in [1.29, 1.82) is 5.26 Å². The molecule has 2 heterocycles. The van der Waals surface area contributed by atoms with E-state index in [-0.39, 0.29) is 5.56 Å². The first kappa shape index (κ1) is 16.7. The number of aliphatic hydroxyl groups is 1. The van der Waals surface area contributed by atoms with E-state index in [2.05, 4.69) is 4.98 Å². The van der Waals surface area contributed by atoms with Crippen molar-refractivity contribution in [3.63, 3.8) is 0 Å². The third kappa shape index (κ3) is 2.29. The number of nitriles is 1. The highest BCUT2D eigenvalue weighted by atomic mass is 19.1. The first-order valence-electron chi connectivity index (χ1n) is 9.04. The van der Waals surface area contributed by atoms with Gasteiger partial charge in [-0.05, 0) is 28.5 Å². The van der Waals surface area contributed by atoms with E-state index in [1.54, 1.807) is 24.7 Å². The summed E-state index contributed by atoms with van der Waals surface area (Å²) in [6.07, 6.45) is 3.56. The Hall–Kier alpha value is -3.49. The molecule has 0 saturated heterocycles. The number of imidazole rings is 1. The van der Waals surface area contributed by atoms with Crippen molar-refractivity contribution >= 4 is 10.8 Å². The molecular weight excluding hydrogens is 353 g/mol. The van der Waals surface area contributed by atoms with E-state index in [0.717, 1.165) is 16.3 Å². The fraction of sp³-hybridized carbons (Fsp3) is 0.130. The Morgan fingerprint density at radius 1 is 1.14 bits per heavy atom. The number of benzene rings is 3. The van der Waals surface area contributed by atoms with Gasteiger partial charge in [0.15, 0.2) is 0 Å². The van der Waals surface area contributed by atoms with Crippen LogP contribution >= 0.6 is 0 Å². The van der Waals surface area contributed by atoms with E-state index in [4.69, 9.17) is 5.26 Å². The number of hydrogen-bond acceptors (Lipinski definition) is 3. The van der Waals surface area contributed by atoms with Gasteiger partial charge >= 0.3 is 0 Å². The molecule has 28 heavy (non-hydrogen) atoms. The largest absolute Gasteiger partial charge is 0.379 e. The lowest BCUT2D eigenvalue weighted by Crippen LogP contribution is -2.24. The lowest BCUT2D eigenvalue weighted by molar-refractivity contribution is 0.0808. The summed E-state index contributed by atoms with van der Waals surface area (Å²) in [6.45, 7) is 0. The summed E-state index contributed by atoms with van der Waals surface area (Å²) < 4.78 is 16.6. The topological polar surface area (TPSA) is 61.8 Å². The summed E-state index contributed by atoms with van der Waals surface area (Å²) in [4.78, 5) is 4.21. The Morgan fingerprint density at radius 2 is 1.96 bits per heavy atom. The van der Waals surface area contributed by atoms with Crippen molar-refractivity contribution < 1.29 is 9.50 Å². The van der Waals surface area contributed by atoms with Crippen molar-refractivity contribution in [1.82, 2.24) is 9.55 Å². The normalized spacial score (nSPS) is 20.8. The third-order valence-electron chi connectivity index (χ3n) is 5.64. The van der Waals surface area contributed by atoms with Crippen LogP contribution < -0.4 is 0 Å². The van der Waals surface area contributed by atoms with Crippen molar-refractivity contribution in [3.05, 3.63) is 101 Å². The number of rotatable bonds is 2. The van der Waals surface area contributed by atoms with Gasteiger partial charge in [-0.2, -0.15) is 5.26 Å². The van der Waals surface area contributed by atoms with Gasteiger partial charge in [-0.15, -0.1) is 0 Å². The molecule has 0 bridgehead atoms. The molecule has 0 radical (unpaired) electrons. The fourth-order valence-corrected chi connectivity index (χ4v) is 4.32. The molecule has 136 valence electrons. The van der Waals surface area contributed by atoms with Gasteiger partial charge in [-0.25, -0.2) is 9.37 Å². The van der Waals surface area contributed by atoms with Crippen LogP contribution in [0.5, 0.6) is 0 Å². The Morgan fingerprint density at radius 3 is 2.79 bits per heavy atom. The maximum absolute atomic E-state index is 14.7. The molecule has 4 nitrogen and oxygen atoms in total. The van der Waals surface area contributed by atoms with Crippen LogP contribution in [0, 0.1) is 17.1 Å². The second kappa shape index (κ2) is 6.01. The lowest BCUT2D eigenvalue weighted by atomic mass is 9.84. The number of aromatic nitrogens is 2. The second-order valence-corrected chi connectivity index (χ2v) is 7.14. The van der Waals surface area contributed by atoms with E-state index < -0.39 is 17.5 Å². The Balaban J connectivity index is 1.69. The van der Waals surface area contributed by atoms with Gasteiger partial charge in [-0.3, -0.25) is 0 Å². The van der Waals surface area contributed by atoms with E-state index in [0.29, 0.717) is 17.7 Å². The van der Waals surface area contributed by atoms with Gasteiger partial charge < -0.3 is 9.67 Å². The molecular formula is C23H16FN3O. The highest BCUT2D eigenvalue weighted by Crippen LogP contribution is 2.48. The summed E-state index contributed by atoms with van der Waals surface area (Å²) in [5, 5.41) is 22.8. The Kier molecular flexibility index (Phi) is 3.58. The molecule has 1 aromatic heterocycles. The first-order chi connectivity index (χ1) is 13.6. The highest BCUT2D eigenvalue weighted by molar-refractivity contribution is 5.87. The molecule has 1 aliphatic heterocycles. The molecule has 0 aliphatic carbocycles. The van der Waals surface area contributed by atoms with Crippen LogP contribution in [0.1, 0.15) is 34.8 Å². The Bertz CT molecular complexity index is 1250.